The molecule has 0 bridgehead atoms. The summed E-state index contributed by atoms with van der Waals surface area (Å²) in [5.74, 6) is -1.00. The van der Waals surface area contributed by atoms with Gasteiger partial charge < -0.3 is 21.3 Å². The lowest BCUT2D eigenvalue weighted by Crippen LogP contribution is -2.60. The monoisotopic (exact) mass is 885 g/mol. The third-order valence-corrected chi connectivity index (χ3v) is 14.6. The van der Waals surface area contributed by atoms with Gasteiger partial charge in [-0.25, -0.2) is 14.2 Å². The van der Waals surface area contributed by atoms with E-state index in [9.17, 15) is 19.2 Å². The maximum absolute atomic E-state index is 16.3. The number of aromatic nitrogens is 2. The highest BCUT2D eigenvalue weighted by Gasteiger charge is 2.72. The molecule has 62 heavy (non-hydrogen) atoms. The lowest BCUT2D eigenvalue weighted by Gasteiger charge is -2.47. The second-order valence-corrected chi connectivity index (χ2v) is 18.6. The standard InChI is InChI=1S/C46H54Cl2FN9O4/c47-29-12-15-33-35(24-29)54-43(61)46(33)39(32-8-7-9-34(48)40(32)49)41(56-45(46)18-3-1-4-19-45)42(60)53-30-13-10-28(11-14-30)26-50-20-5-2-6-21-51-31-16-22-57-36(25-31)52-27-38(57)58-23-17-37(59)55-44(58)62/h7-9,12,15-16,22,24-25,27-28,30,39,41,50-51,56H,1-6,10-11,13-14,17-21,23,26H2,(H,53,60)(H,54,61)(H,55,59,62)/t28-,30-,39-,41+,46+/m0/s1. The van der Waals surface area contributed by atoms with Gasteiger partial charge in [0, 0.05) is 65.7 Å². The number of nitrogens with zero attached hydrogens (tertiary/aromatic N) is 3. The number of anilines is 3. The molecule has 2 aliphatic carbocycles. The number of urea groups is 1. The lowest BCUT2D eigenvalue weighted by atomic mass is 9.55. The van der Waals surface area contributed by atoms with Crippen molar-refractivity contribution in [3.63, 3.8) is 0 Å². The molecule has 9 rings (SSSR count). The van der Waals surface area contributed by atoms with Crippen molar-refractivity contribution in [3.8, 4) is 0 Å². The van der Waals surface area contributed by atoms with E-state index in [-0.39, 0.29) is 40.8 Å². The highest BCUT2D eigenvalue weighted by Crippen LogP contribution is 2.62. The summed E-state index contributed by atoms with van der Waals surface area (Å²) in [6.45, 7) is 3.03. The SMILES string of the molecule is O=C1CCN(c2cnc3cc(NCCCCCNC[C@H]4CC[C@H](NC(=O)[C@@H]5NC6(CCCCC6)[C@@]6(C(=O)Nc7cc(Cl)ccc76)[C@H]5c5cccc(Cl)c5F)CC4)ccn23)C(=O)N1. The van der Waals surface area contributed by atoms with Gasteiger partial charge in [-0.3, -0.25) is 34.3 Å². The van der Waals surface area contributed by atoms with Gasteiger partial charge in [-0.2, -0.15) is 0 Å². The van der Waals surface area contributed by atoms with Crippen LogP contribution >= 0.6 is 23.2 Å². The van der Waals surface area contributed by atoms with Crippen molar-refractivity contribution in [2.24, 2.45) is 5.92 Å². The molecule has 16 heteroatoms. The Morgan fingerprint density at radius 2 is 1.74 bits per heavy atom. The van der Waals surface area contributed by atoms with Crippen LogP contribution < -0.4 is 36.8 Å². The first kappa shape index (κ1) is 42.5. The fraction of sp³-hybridized carbons (Fsp3) is 0.500. The van der Waals surface area contributed by atoms with Crippen LogP contribution in [0, 0.1) is 11.7 Å². The number of hydrogen-bond acceptors (Lipinski definition) is 8. The molecule has 328 valence electrons. The first-order valence-electron chi connectivity index (χ1n) is 22.2. The van der Waals surface area contributed by atoms with Gasteiger partial charge in [-0.15, -0.1) is 0 Å². The number of carbonyl (C=O) groups excluding carboxylic acids is 4. The molecule has 2 saturated heterocycles. The predicted molar refractivity (Wildman–Crippen MR) is 238 cm³/mol. The Labute approximate surface area is 370 Å². The third-order valence-electron chi connectivity index (χ3n) is 14.1. The second-order valence-electron chi connectivity index (χ2n) is 17.8. The summed E-state index contributed by atoms with van der Waals surface area (Å²) >= 11 is 12.8. The van der Waals surface area contributed by atoms with E-state index < -0.39 is 34.8 Å². The number of imidazole rings is 1. The molecule has 4 fully saturated rings. The second kappa shape index (κ2) is 17.8. The van der Waals surface area contributed by atoms with Crippen LogP contribution in [0.1, 0.15) is 101 Å². The Balaban J connectivity index is 0.758. The third kappa shape index (κ3) is 7.81. The lowest BCUT2D eigenvalue weighted by molar-refractivity contribution is -0.125. The maximum atomic E-state index is 16.3. The molecule has 6 N–H and O–H groups in total. The fourth-order valence-electron chi connectivity index (χ4n) is 11.2. The summed E-state index contributed by atoms with van der Waals surface area (Å²) in [4.78, 5) is 59.1. The number of amides is 5. The fourth-order valence-corrected chi connectivity index (χ4v) is 11.5. The quantitative estimate of drug-likeness (QED) is 0.0757. The van der Waals surface area contributed by atoms with Crippen molar-refractivity contribution in [1.29, 1.82) is 0 Å². The zero-order valence-electron chi connectivity index (χ0n) is 34.7. The number of hydrogen-bond donors (Lipinski definition) is 6. The number of unbranched alkanes of at least 4 members (excludes halogenated alkanes) is 2. The van der Waals surface area contributed by atoms with Crippen LogP contribution in [0.2, 0.25) is 10.0 Å². The Morgan fingerprint density at radius 3 is 2.55 bits per heavy atom. The van der Waals surface area contributed by atoms with Crippen LogP contribution in [-0.2, 0) is 19.8 Å². The average Bonchev–Trinajstić information content (AvgIpc) is 3.90. The normalized spacial score (nSPS) is 25.6. The Bertz CT molecular complexity index is 2360. The smallest absolute Gasteiger partial charge is 0.329 e. The molecule has 13 nitrogen and oxygen atoms in total. The molecule has 3 aliphatic heterocycles. The number of halogens is 3. The van der Waals surface area contributed by atoms with Crippen LogP contribution in [0.25, 0.3) is 5.65 Å². The van der Waals surface area contributed by atoms with Crippen molar-refractivity contribution < 1.29 is 23.6 Å². The predicted octanol–water partition coefficient (Wildman–Crippen LogP) is 7.42. The summed E-state index contributed by atoms with van der Waals surface area (Å²) in [5, 5.41) is 20.1. The Kier molecular flexibility index (Phi) is 12.2. The molecule has 2 spiro atoms. The molecule has 0 unspecified atom stereocenters. The molecule has 0 radical (unpaired) electrons. The van der Waals surface area contributed by atoms with E-state index in [0.29, 0.717) is 41.8 Å². The molecule has 4 aromatic rings. The average molecular weight is 887 g/mol. The van der Waals surface area contributed by atoms with Gasteiger partial charge in [0.15, 0.2) is 0 Å². The summed E-state index contributed by atoms with van der Waals surface area (Å²) in [5.41, 5.74) is 1.29. The van der Waals surface area contributed by atoms with Crippen LogP contribution in [0.4, 0.5) is 26.4 Å². The number of pyridine rings is 1. The molecular formula is C46H54Cl2FN9O4. The van der Waals surface area contributed by atoms with E-state index >= 15 is 4.39 Å². The van der Waals surface area contributed by atoms with Crippen LogP contribution in [0.3, 0.4) is 0 Å². The highest BCUT2D eigenvalue weighted by molar-refractivity contribution is 6.31. The van der Waals surface area contributed by atoms with Gasteiger partial charge in [0.2, 0.25) is 17.7 Å². The van der Waals surface area contributed by atoms with Crippen LogP contribution in [-0.4, -0.2) is 76.9 Å². The van der Waals surface area contributed by atoms with Gasteiger partial charge in [0.05, 0.1) is 17.3 Å². The van der Waals surface area contributed by atoms with E-state index in [1.807, 2.05) is 28.8 Å². The zero-order chi connectivity index (χ0) is 43.0. The van der Waals surface area contributed by atoms with E-state index in [2.05, 4.69) is 36.9 Å². The molecule has 5 amide bonds. The molecular weight excluding hydrogens is 832 g/mol. The van der Waals surface area contributed by atoms with Crippen molar-refractivity contribution >= 4 is 69.8 Å². The minimum Gasteiger partial charge on any atom is -0.385 e. The topological polar surface area (TPSA) is 161 Å². The summed E-state index contributed by atoms with van der Waals surface area (Å²) in [6, 6.07) is 12.9. The van der Waals surface area contributed by atoms with E-state index in [0.717, 1.165) is 101 Å². The van der Waals surface area contributed by atoms with Crippen molar-refractivity contribution in [2.75, 3.05) is 41.7 Å². The van der Waals surface area contributed by atoms with Gasteiger partial charge in [0.25, 0.3) is 0 Å². The van der Waals surface area contributed by atoms with Gasteiger partial charge in [0.1, 0.15) is 22.7 Å². The number of rotatable bonds is 13. The number of imide groups is 1. The zero-order valence-corrected chi connectivity index (χ0v) is 36.2. The van der Waals surface area contributed by atoms with Crippen molar-refractivity contribution in [2.45, 2.75) is 112 Å². The molecule has 5 aliphatic rings. The largest absolute Gasteiger partial charge is 0.385 e. The van der Waals surface area contributed by atoms with E-state index in [1.54, 1.807) is 30.5 Å². The molecule has 3 atom stereocenters. The number of benzene rings is 2. The van der Waals surface area contributed by atoms with Crippen molar-refractivity contribution in [1.82, 2.24) is 30.7 Å². The molecule has 2 saturated carbocycles. The van der Waals surface area contributed by atoms with E-state index in [4.69, 9.17) is 23.2 Å². The maximum Gasteiger partial charge on any atom is 0.329 e. The minimum absolute atomic E-state index is 0.0142. The number of nitrogens with one attached hydrogen (secondary N) is 6. The Morgan fingerprint density at radius 1 is 0.935 bits per heavy atom. The summed E-state index contributed by atoms with van der Waals surface area (Å²) in [6.07, 6.45) is 14.8. The number of fused-ring (bicyclic) bond motifs is 4. The first-order chi connectivity index (χ1) is 30.1. The molecule has 2 aromatic heterocycles. The van der Waals surface area contributed by atoms with E-state index in [1.165, 1.54) is 11.0 Å². The minimum atomic E-state index is -1.25. The van der Waals surface area contributed by atoms with Crippen LogP contribution in [0.5, 0.6) is 0 Å². The van der Waals surface area contributed by atoms with Crippen molar-refractivity contribution in [3.05, 3.63) is 87.9 Å². The van der Waals surface area contributed by atoms with Gasteiger partial charge in [-0.05, 0) is 106 Å². The number of carbonyl (C=O) groups is 4. The van der Waals surface area contributed by atoms with Gasteiger partial charge in [-0.1, -0.05) is 67.1 Å². The summed E-state index contributed by atoms with van der Waals surface area (Å²) in [7, 11) is 0. The van der Waals surface area contributed by atoms with Crippen LogP contribution in [0.15, 0.2) is 60.9 Å². The molecule has 5 heterocycles. The highest BCUT2D eigenvalue weighted by atomic mass is 35.5. The van der Waals surface area contributed by atoms with Gasteiger partial charge >= 0.3 is 6.03 Å². The molecule has 2 aromatic carbocycles. The first-order valence-corrected chi connectivity index (χ1v) is 23.0. The Hall–Kier alpha value is -4.76. The summed E-state index contributed by atoms with van der Waals surface area (Å²) < 4.78 is 18.1.